The first-order valence-corrected chi connectivity index (χ1v) is 8.84. The van der Waals surface area contributed by atoms with Crippen molar-refractivity contribution in [2.24, 2.45) is 0 Å². The second kappa shape index (κ2) is 5.70. The van der Waals surface area contributed by atoms with E-state index >= 15 is 0 Å². The fourth-order valence-corrected chi connectivity index (χ4v) is 3.82. The molecule has 122 valence electrons. The molecule has 2 saturated heterocycles. The maximum Gasteiger partial charge on any atom is 0.415 e. The van der Waals surface area contributed by atoms with Crippen molar-refractivity contribution in [3.05, 3.63) is 24.0 Å². The van der Waals surface area contributed by atoms with E-state index in [0.717, 1.165) is 0 Å². The third-order valence-electron chi connectivity index (χ3n) is 3.88. The van der Waals surface area contributed by atoms with Crippen molar-refractivity contribution >= 4 is 27.3 Å². The number of carbonyl (C=O) groups excluding carboxylic acids is 1. The van der Waals surface area contributed by atoms with Gasteiger partial charge in [0, 0.05) is 13.1 Å². The number of nitrogens with zero attached hydrogens (tertiary/aromatic N) is 3. The van der Waals surface area contributed by atoms with Gasteiger partial charge in [-0.2, -0.15) is 5.26 Å². The van der Waals surface area contributed by atoms with Crippen LogP contribution in [-0.2, 0) is 14.6 Å². The molecule has 0 spiro atoms. The van der Waals surface area contributed by atoms with E-state index in [-0.39, 0.29) is 31.1 Å². The van der Waals surface area contributed by atoms with Gasteiger partial charge in [-0.3, -0.25) is 4.90 Å². The first-order chi connectivity index (χ1) is 10.9. The van der Waals surface area contributed by atoms with E-state index in [1.165, 1.54) is 17.0 Å². The van der Waals surface area contributed by atoms with E-state index in [1.54, 1.807) is 11.0 Å². The number of amides is 1. The maximum atomic E-state index is 14.4. The Morgan fingerprint density at radius 1 is 1.30 bits per heavy atom. The summed E-state index contributed by atoms with van der Waals surface area (Å²) >= 11 is 0. The molecule has 2 aliphatic heterocycles. The quantitative estimate of drug-likeness (QED) is 0.795. The highest BCUT2D eigenvalue weighted by molar-refractivity contribution is 7.91. The molecule has 0 aromatic heterocycles. The maximum absolute atomic E-state index is 14.4. The van der Waals surface area contributed by atoms with Crippen LogP contribution in [0, 0.1) is 17.1 Å². The number of carbonyl (C=O) groups is 1. The monoisotopic (exact) mass is 339 g/mol. The molecule has 0 radical (unpaired) electrons. The molecule has 1 aromatic rings. The molecular weight excluding hydrogens is 325 g/mol. The van der Waals surface area contributed by atoms with Crippen LogP contribution < -0.4 is 9.80 Å². The van der Waals surface area contributed by atoms with Crippen LogP contribution in [0.25, 0.3) is 0 Å². The Morgan fingerprint density at radius 2 is 2.00 bits per heavy atom. The number of hydrogen-bond donors (Lipinski definition) is 0. The molecular formula is C14H14FN3O4S. The number of anilines is 2. The SMILES string of the molecule is N#C[C@H]1CN(c2ccc(N3CCS(=O)(=O)CC3)c(F)c2)C(=O)O1. The van der Waals surface area contributed by atoms with E-state index in [2.05, 4.69) is 0 Å². The molecule has 2 fully saturated rings. The second-order valence-electron chi connectivity index (χ2n) is 5.39. The Kier molecular flexibility index (Phi) is 3.85. The molecule has 7 nitrogen and oxygen atoms in total. The van der Waals surface area contributed by atoms with Crippen molar-refractivity contribution in [1.29, 1.82) is 5.26 Å². The second-order valence-corrected chi connectivity index (χ2v) is 7.69. The topological polar surface area (TPSA) is 90.7 Å². The minimum absolute atomic E-state index is 0.00348. The summed E-state index contributed by atoms with van der Waals surface area (Å²) in [5.74, 6) is -0.553. The highest BCUT2D eigenvalue weighted by atomic mass is 32.2. The molecule has 23 heavy (non-hydrogen) atoms. The summed E-state index contributed by atoms with van der Waals surface area (Å²) in [4.78, 5) is 14.5. The van der Waals surface area contributed by atoms with Gasteiger partial charge in [0.1, 0.15) is 11.9 Å². The molecule has 9 heteroatoms. The largest absolute Gasteiger partial charge is 0.428 e. The molecule has 0 N–H and O–H groups in total. The molecule has 2 heterocycles. The van der Waals surface area contributed by atoms with E-state index in [1.807, 2.05) is 6.07 Å². The predicted octanol–water partition coefficient (Wildman–Crippen LogP) is 0.909. The number of benzene rings is 1. The molecule has 0 saturated carbocycles. The van der Waals surface area contributed by atoms with Gasteiger partial charge in [0.05, 0.1) is 29.4 Å². The van der Waals surface area contributed by atoms with Crippen LogP contribution >= 0.6 is 0 Å². The Morgan fingerprint density at radius 3 is 2.57 bits per heavy atom. The van der Waals surface area contributed by atoms with Crippen molar-refractivity contribution in [2.45, 2.75) is 6.10 Å². The predicted molar refractivity (Wildman–Crippen MR) is 80.5 cm³/mol. The van der Waals surface area contributed by atoms with Crippen molar-refractivity contribution in [3.63, 3.8) is 0 Å². The van der Waals surface area contributed by atoms with Crippen LogP contribution in [0.15, 0.2) is 18.2 Å². The van der Waals surface area contributed by atoms with Gasteiger partial charge in [-0.1, -0.05) is 0 Å². The molecule has 1 atom stereocenters. The lowest BCUT2D eigenvalue weighted by atomic mass is 10.2. The summed E-state index contributed by atoms with van der Waals surface area (Å²) in [5.41, 5.74) is 0.603. The molecule has 0 aliphatic carbocycles. The van der Waals surface area contributed by atoms with Gasteiger partial charge in [0.25, 0.3) is 0 Å². The Balaban J connectivity index is 1.79. The number of rotatable bonds is 2. The smallest absolute Gasteiger partial charge is 0.415 e. The minimum atomic E-state index is -3.04. The van der Waals surface area contributed by atoms with E-state index in [4.69, 9.17) is 10.00 Å². The van der Waals surface area contributed by atoms with Crippen LogP contribution in [0.4, 0.5) is 20.6 Å². The van der Waals surface area contributed by atoms with Gasteiger partial charge >= 0.3 is 6.09 Å². The fraction of sp³-hybridized carbons (Fsp3) is 0.429. The lowest BCUT2D eigenvalue weighted by molar-refractivity contribution is 0.162. The molecule has 1 amide bonds. The number of cyclic esters (lactones) is 1. The first-order valence-electron chi connectivity index (χ1n) is 7.02. The Bertz CT molecular complexity index is 776. The van der Waals surface area contributed by atoms with Crippen molar-refractivity contribution in [1.82, 2.24) is 0 Å². The van der Waals surface area contributed by atoms with E-state index in [0.29, 0.717) is 11.4 Å². The molecule has 1 aromatic carbocycles. The highest BCUT2D eigenvalue weighted by Crippen LogP contribution is 2.28. The average Bonchev–Trinajstić information content (AvgIpc) is 2.89. The molecule has 3 rings (SSSR count). The highest BCUT2D eigenvalue weighted by Gasteiger charge is 2.33. The minimum Gasteiger partial charge on any atom is -0.428 e. The lowest BCUT2D eigenvalue weighted by Gasteiger charge is -2.29. The van der Waals surface area contributed by atoms with Gasteiger partial charge in [-0.15, -0.1) is 0 Å². The van der Waals surface area contributed by atoms with Crippen LogP contribution in [0.2, 0.25) is 0 Å². The average molecular weight is 339 g/mol. The summed E-state index contributed by atoms with van der Waals surface area (Å²) in [6, 6.07) is 6.10. The zero-order valence-corrected chi connectivity index (χ0v) is 12.9. The van der Waals surface area contributed by atoms with Gasteiger partial charge in [0.2, 0.25) is 6.10 Å². The first kappa shape index (κ1) is 15.6. The zero-order chi connectivity index (χ0) is 16.6. The van der Waals surface area contributed by atoms with Crippen LogP contribution in [-0.4, -0.2) is 51.8 Å². The van der Waals surface area contributed by atoms with Crippen LogP contribution in [0.3, 0.4) is 0 Å². The normalized spacial score (nSPS) is 23.5. The number of halogens is 1. The lowest BCUT2D eigenvalue weighted by Crippen LogP contribution is -2.40. The summed E-state index contributed by atoms with van der Waals surface area (Å²) in [7, 11) is -3.04. The standard InChI is InChI=1S/C14H14FN3O4S/c15-12-7-10(18-9-11(8-16)22-14(18)19)1-2-13(12)17-3-5-23(20,21)6-4-17/h1-2,7,11H,3-6,9H2/t11-/m0/s1. The van der Waals surface area contributed by atoms with Gasteiger partial charge < -0.3 is 9.64 Å². The summed E-state index contributed by atoms with van der Waals surface area (Å²) < 4.78 is 42.0. The van der Waals surface area contributed by atoms with Crippen molar-refractivity contribution in [3.8, 4) is 6.07 Å². The van der Waals surface area contributed by atoms with Crippen LogP contribution in [0.1, 0.15) is 0 Å². The number of nitriles is 1. The number of ether oxygens (including phenoxy) is 1. The van der Waals surface area contributed by atoms with Crippen molar-refractivity contribution in [2.75, 3.05) is 40.9 Å². The van der Waals surface area contributed by atoms with E-state index < -0.39 is 27.9 Å². The van der Waals surface area contributed by atoms with E-state index in [9.17, 15) is 17.6 Å². The Labute approximate surface area is 132 Å². The summed E-state index contributed by atoms with van der Waals surface area (Å²) in [5, 5.41) is 8.78. The zero-order valence-electron chi connectivity index (χ0n) is 12.1. The molecule has 0 unspecified atom stereocenters. The number of hydrogen-bond acceptors (Lipinski definition) is 6. The third-order valence-corrected chi connectivity index (χ3v) is 5.49. The fourth-order valence-electron chi connectivity index (χ4n) is 2.61. The van der Waals surface area contributed by atoms with Gasteiger partial charge in [-0.25, -0.2) is 17.6 Å². The summed E-state index contributed by atoms with van der Waals surface area (Å²) in [6.07, 6.45) is -1.55. The van der Waals surface area contributed by atoms with Gasteiger partial charge in [0.15, 0.2) is 9.84 Å². The molecule has 0 bridgehead atoms. The van der Waals surface area contributed by atoms with Gasteiger partial charge in [-0.05, 0) is 18.2 Å². The third kappa shape index (κ3) is 3.07. The van der Waals surface area contributed by atoms with Crippen LogP contribution in [0.5, 0.6) is 0 Å². The number of sulfone groups is 1. The summed E-state index contributed by atoms with van der Waals surface area (Å²) in [6.45, 7) is 0.526. The molecule has 2 aliphatic rings. The van der Waals surface area contributed by atoms with Crippen molar-refractivity contribution < 1.29 is 22.3 Å². The Hall–Kier alpha value is -2.34.